The van der Waals surface area contributed by atoms with E-state index in [2.05, 4.69) is 16.0 Å². The number of esters is 1. The fourth-order valence-electron chi connectivity index (χ4n) is 5.52. The van der Waals surface area contributed by atoms with Crippen molar-refractivity contribution in [1.29, 1.82) is 5.41 Å². The summed E-state index contributed by atoms with van der Waals surface area (Å²) in [5, 5.41) is 16.8. The van der Waals surface area contributed by atoms with Gasteiger partial charge in [-0.05, 0) is 82.5 Å². The second-order valence-corrected chi connectivity index (χ2v) is 11.4. The van der Waals surface area contributed by atoms with E-state index < -0.39 is 23.5 Å². The first-order valence-corrected chi connectivity index (χ1v) is 15.5. The topological polar surface area (TPSA) is 168 Å². The van der Waals surface area contributed by atoms with Crippen LogP contribution in [0.4, 0.5) is 10.5 Å². The van der Waals surface area contributed by atoms with Crippen LogP contribution in [0.3, 0.4) is 0 Å². The number of Topliss-reactive ketones (excluding diaryl/α,β-unsaturated/α-hetero) is 1. The standard InChI is InChI=1S/C33H43N7O6/c1-6-45-30(42)28(21(3)41)36-20-33(4,31(43)40-16-8-9-17-40)23-12-15-26-25(18-23)37-27(39(26)5)19-35-24-13-10-22(11-14-24)29(34)38-32(44)46-7-2/h10-15,18,28,35-36H,6-9,16-17,19-20H2,1-5H3,(H2,34,38,44). The van der Waals surface area contributed by atoms with Crippen molar-refractivity contribution in [3.63, 3.8) is 0 Å². The molecule has 0 bridgehead atoms. The first kappa shape index (κ1) is 34.1. The Hall–Kier alpha value is -4.78. The molecule has 1 aromatic heterocycles. The molecule has 2 heterocycles. The molecule has 1 fully saturated rings. The molecule has 0 spiro atoms. The van der Waals surface area contributed by atoms with Crippen molar-refractivity contribution in [3.05, 3.63) is 59.4 Å². The molecule has 2 aromatic carbocycles. The van der Waals surface area contributed by atoms with Gasteiger partial charge in [-0.25, -0.2) is 14.6 Å². The predicted molar refractivity (Wildman–Crippen MR) is 174 cm³/mol. The normalized spacial score (nSPS) is 14.8. The molecule has 3 aromatic rings. The molecule has 0 radical (unpaired) electrons. The Morgan fingerprint density at radius 2 is 1.70 bits per heavy atom. The van der Waals surface area contributed by atoms with Crippen LogP contribution < -0.4 is 16.0 Å². The van der Waals surface area contributed by atoms with Crippen LogP contribution in [0.15, 0.2) is 42.5 Å². The average Bonchev–Trinajstić information content (AvgIpc) is 3.68. The molecule has 246 valence electrons. The number of nitrogens with zero attached hydrogens (tertiary/aromatic N) is 3. The van der Waals surface area contributed by atoms with E-state index in [0.29, 0.717) is 30.7 Å². The van der Waals surface area contributed by atoms with Gasteiger partial charge in [0.15, 0.2) is 11.8 Å². The molecule has 2 atom stereocenters. The molecule has 1 saturated heterocycles. The van der Waals surface area contributed by atoms with Crippen LogP contribution in [0.1, 0.15) is 57.5 Å². The molecule has 4 rings (SSSR count). The van der Waals surface area contributed by atoms with Gasteiger partial charge >= 0.3 is 12.1 Å². The summed E-state index contributed by atoms with van der Waals surface area (Å²) in [5.74, 6) is -0.413. The summed E-state index contributed by atoms with van der Waals surface area (Å²) in [6.45, 7) is 8.68. The Morgan fingerprint density at radius 1 is 1.02 bits per heavy atom. The molecular formula is C33H43N7O6. The largest absolute Gasteiger partial charge is 0.464 e. The van der Waals surface area contributed by atoms with Crippen LogP contribution in [0.25, 0.3) is 11.0 Å². The summed E-state index contributed by atoms with van der Waals surface area (Å²) in [4.78, 5) is 57.1. The molecule has 1 aliphatic rings. The lowest BCUT2D eigenvalue weighted by atomic mass is 9.80. The van der Waals surface area contributed by atoms with Crippen molar-refractivity contribution in [3.8, 4) is 0 Å². The van der Waals surface area contributed by atoms with Gasteiger partial charge in [-0.1, -0.05) is 6.07 Å². The van der Waals surface area contributed by atoms with Gasteiger partial charge in [0.05, 0.1) is 36.2 Å². The minimum Gasteiger partial charge on any atom is -0.464 e. The molecule has 0 saturated carbocycles. The number of imidazole rings is 1. The summed E-state index contributed by atoms with van der Waals surface area (Å²) in [7, 11) is 1.92. The number of hydrogen-bond acceptors (Lipinski definition) is 10. The lowest BCUT2D eigenvalue weighted by Gasteiger charge is -2.34. The van der Waals surface area contributed by atoms with E-state index in [0.717, 1.165) is 35.4 Å². The third-order valence-corrected chi connectivity index (χ3v) is 8.19. The van der Waals surface area contributed by atoms with Crippen LogP contribution in [-0.2, 0) is 42.9 Å². The number of likely N-dealkylation sites (tertiary alicyclic amines) is 1. The minimum atomic E-state index is -1.17. The Balaban J connectivity index is 1.54. The van der Waals surface area contributed by atoms with Gasteiger partial charge in [-0.3, -0.25) is 25.6 Å². The third kappa shape index (κ3) is 7.71. The maximum atomic E-state index is 14.0. The van der Waals surface area contributed by atoms with Crippen LogP contribution >= 0.6 is 0 Å². The molecule has 2 amide bonds. The number of fused-ring (bicyclic) bond motifs is 1. The van der Waals surface area contributed by atoms with Crippen molar-refractivity contribution < 1.29 is 28.7 Å². The maximum Gasteiger partial charge on any atom is 0.412 e. The third-order valence-electron chi connectivity index (χ3n) is 8.19. The number of ether oxygens (including phenoxy) is 2. The van der Waals surface area contributed by atoms with E-state index in [1.54, 1.807) is 26.0 Å². The Morgan fingerprint density at radius 3 is 2.33 bits per heavy atom. The number of anilines is 1. The molecule has 0 aliphatic carbocycles. The highest BCUT2D eigenvalue weighted by Crippen LogP contribution is 2.31. The summed E-state index contributed by atoms with van der Waals surface area (Å²) >= 11 is 0. The SMILES string of the molecule is CCOC(=O)NC(=N)c1ccc(NCc2nc3cc(C(C)(CNC(C(C)=O)C(=O)OCC)C(=O)N4CCCC4)ccc3n2C)cc1. The number of amides is 2. The first-order valence-electron chi connectivity index (χ1n) is 15.5. The Bertz CT molecular complexity index is 1600. The van der Waals surface area contributed by atoms with E-state index in [-0.39, 0.29) is 37.3 Å². The average molecular weight is 634 g/mol. The molecule has 1 aliphatic heterocycles. The van der Waals surface area contributed by atoms with E-state index in [4.69, 9.17) is 19.9 Å². The Labute approximate surface area is 268 Å². The fraction of sp³-hybridized carbons (Fsp3) is 0.455. The van der Waals surface area contributed by atoms with Crippen molar-refractivity contribution in [2.45, 2.75) is 58.5 Å². The minimum absolute atomic E-state index is 0.0562. The van der Waals surface area contributed by atoms with Crippen molar-refractivity contribution in [1.82, 2.24) is 25.1 Å². The molecule has 13 nitrogen and oxygen atoms in total. The lowest BCUT2D eigenvalue weighted by molar-refractivity contribution is -0.149. The van der Waals surface area contributed by atoms with E-state index in [9.17, 15) is 19.2 Å². The van der Waals surface area contributed by atoms with Crippen LogP contribution in [0, 0.1) is 5.41 Å². The number of carbonyl (C=O) groups is 4. The van der Waals surface area contributed by atoms with Gasteiger partial charge in [0.1, 0.15) is 11.7 Å². The van der Waals surface area contributed by atoms with Crippen molar-refractivity contribution in [2.24, 2.45) is 7.05 Å². The molecule has 46 heavy (non-hydrogen) atoms. The zero-order valence-electron chi connectivity index (χ0n) is 27.1. The lowest BCUT2D eigenvalue weighted by Crippen LogP contribution is -2.54. The number of benzene rings is 2. The van der Waals surface area contributed by atoms with E-state index in [1.165, 1.54) is 6.92 Å². The number of nitrogens with one attached hydrogen (secondary N) is 4. The van der Waals surface area contributed by atoms with Gasteiger partial charge in [0.25, 0.3) is 0 Å². The summed E-state index contributed by atoms with van der Waals surface area (Å²) in [5.41, 5.74) is 2.57. The van der Waals surface area contributed by atoms with Crippen LogP contribution in [0.2, 0.25) is 0 Å². The van der Waals surface area contributed by atoms with Gasteiger partial charge < -0.3 is 24.3 Å². The highest BCUT2D eigenvalue weighted by Gasteiger charge is 2.41. The summed E-state index contributed by atoms with van der Waals surface area (Å²) in [6, 6.07) is 11.6. The second-order valence-electron chi connectivity index (χ2n) is 11.4. The number of rotatable bonds is 13. The maximum absolute atomic E-state index is 14.0. The van der Waals surface area contributed by atoms with Crippen LogP contribution in [-0.4, -0.2) is 82.9 Å². The number of ketones is 1. The number of aromatic nitrogens is 2. The van der Waals surface area contributed by atoms with Crippen molar-refractivity contribution >= 4 is 46.3 Å². The van der Waals surface area contributed by atoms with Gasteiger partial charge in [-0.15, -0.1) is 0 Å². The smallest absolute Gasteiger partial charge is 0.412 e. The number of aryl methyl sites for hydroxylation is 1. The number of hydrogen-bond donors (Lipinski definition) is 4. The summed E-state index contributed by atoms with van der Waals surface area (Å²) in [6.07, 6.45) is 1.19. The van der Waals surface area contributed by atoms with Crippen molar-refractivity contribution in [2.75, 3.05) is 38.2 Å². The molecule has 2 unspecified atom stereocenters. The van der Waals surface area contributed by atoms with Gasteiger partial charge in [0.2, 0.25) is 5.91 Å². The zero-order chi connectivity index (χ0) is 33.4. The highest BCUT2D eigenvalue weighted by atomic mass is 16.5. The number of amidine groups is 1. The number of carbonyl (C=O) groups excluding carboxylic acids is 4. The quantitative estimate of drug-likeness (QED) is 0.0956. The van der Waals surface area contributed by atoms with Gasteiger partial charge in [-0.2, -0.15) is 0 Å². The molecule has 13 heteroatoms. The summed E-state index contributed by atoms with van der Waals surface area (Å²) < 4.78 is 11.9. The van der Waals surface area contributed by atoms with E-state index in [1.807, 2.05) is 53.8 Å². The monoisotopic (exact) mass is 633 g/mol. The van der Waals surface area contributed by atoms with Gasteiger partial charge in [0, 0.05) is 37.9 Å². The predicted octanol–water partition coefficient (Wildman–Crippen LogP) is 3.25. The molecular weight excluding hydrogens is 590 g/mol. The second kappa shape index (κ2) is 15.0. The molecule has 4 N–H and O–H groups in total. The van der Waals surface area contributed by atoms with E-state index >= 15 is 0 Å². The fourth-order valence-corrected chi connectivity index (χ4v) is 5.52. The van der Waals surface area contributed by atoms with Crippen LogP contribution in [0.5, 0.6) is 0 Å². The Kier molecular flexibility index (Phi) is 11.1. The number of alkyl carbamates (subject to hydrolysis) is 1. The zero-order valence-corrected chi connectivity index (χ0v) is 27.1. The first-order chi connectivity index (χ1) is 22.0. The highest BCUT2D eigenvalue weighted by molar-refractivity contribution is 6.04.